The second-order valence-electron chi connectivity index (χ2n) is 4.92. The van der Waals surface area contributed by atoms with Crippen molar-refractivity contribution in [3.05, 3.63) is 70.8 Å². The Morgan fingerprint density at radius 2 is 1.17 bits per heavy atom. The standard InChI is InChI=1S/C16H12N4O4/c21-15(22)11-5-1-3-9(7-11)13-17-19-14(20-18-13)10-4-2-6-12(8-10)16(23)24/h1-8H,(H,17,18)(H,19,20)(H,21,22)(H,23,24). The van der Waals surface area contributed by atoms with Gasteiger partial charge in [0.15, 0.2) is 11.7 Å². The Morgan fingerprint density at radius 1 is 0.750 bits per heavy atom. The number of carboxylic acids is 2. The number of carbonyl (C=O) groups is 2. The molecule has 0 saturated heterocycles. The zero-order valence-electron chi connectivity index (χ0n) is 12.2. The number of nitrogens with one attached hydrogen (secondary N) is 2. The number of hydrogen-bond acceptors (Lipinski definition) is 6. The fraction of sp³-hybridized carbons (Fsp3) is 0. The Balaban J connectivity index is 1.81. The molecule has 1 aliphatic heterocycles. The van der Waals surface area contributed by atoms with Gasteiger partial charge in [0.05, 0.1) is 11.1 Å². The molecule has 8 heteroatoms. The van der Waals surface area contributed by atoms with Crippen LogP contribution in [0.2, 0.25) is 0 Å². The predicted octanol–water partition coefficient (Wildman–Crippen LogP) is 1.30. The number of amidine groups is 2. The summed E-state index contributed by atoms with van der Waals surface area (Å²) in [5.41, 5.74) is 6.87. The molecule has 0 aromatic heterocycles. The van der Waals surface area contributed by atoms with Gasteiger partial charge in [0.25, 0.3) is 0 Å². The highest BCUT2D eigenvalue weighted by Gasteiger charge is 2.14. The number of benzene rings is 2. The van der Waals surface area contributed by atoms with Crippen molar-refractivity contribution in [2.24, 2.45) is 10.2 Å². The second-order valence-corrected chi connectivity index (χ2v) is 4.92. The maximum absolute atomic E-state index is 11.0. The molecule has 2 aromatic carbocycles. The SMILES string of the molecule is O=C(O)c1cccc(C2=NNC(c3cccc(C(=O)O)c3)=NN2)c1. The van der Waals surface area contributed by atoms with Gasteiger partial charge < -0.3 is 10.2 Å². The zero-order valence-corrected chi connectivity index (χ0v) is 12.2. The van der Waals surface area contributed by atoms with Crippen LogP contribution in [0.4, 0.5) is 0 Å². The van der Waals surface area contributed by atoms with Gasteiger partial charge in [-0.05, 0) is 24.3 Å². The van der Waals surface area contributed by atoms with Gasteiger partial charge in [0, 0.05) is 11.1 Å². The van der Waals surface area contributed by atoms with Crippen molar-refractivity contribution in [3.63, 3.8) is 0 Å². The molecular formula is C16H12N4O4. The van der Waals surface area contributed by atoms with Crippen LogP contribution in [0.1, 0.15) is 31.8 Å². The van der Waals surface area contributed by atoms with Crippen LogP contribution < -0.4 is 10.9 Å². The molecule has 0 amide bonds. The highest BCUT2D eigenvalue weighted by atomic mass is 16.4. The molecule has 0 aliphatic carbocycles. The number of rotatable bonds is 4. The Kier molecular flexibility index (Phi) is 3.94. The summed E-state index contributed by atoms with van der Waals surface area (Å²) in [7, 11) is 0. The zero-order chi connectivity index (χ0) is 17.1. The Morgan fingerprint density at radius 3 is 1.50 bits per heavy atom. The number of nitrogens with zero attached hydrogens (tertiary/aromatic N) is 2. The molecule has 0 fully saturated rings. The summed E-state index contributed by atoms with van der Waals surface area (Å²) in [5.74, 6) is -1.35. The van der Waals surface area contributed by atoms with Gasteiger partial charge in [0.2, 0.25) is 0 Å². The van der Waals surface area contributed by atoms with Gasteiger partial charge >= 0.3 is 11.9 Å². The van der Waals surface area contributed by atoms with E-state index in [1.165, 1.54) is 24.3 Å². The van der Waals surface area contributed by atoms with Crippen LogP contribution in [0.15, 0.2) is 58.7 Å². The minimum atomic E-state index is -1.03. The van der Waals surface area contributed by atoms with Crippen LogP contribution >= 0.6 is 0 Å². The van der Waals surface area contributed by atoms with Gasteiger partial charge in [-0.1, -0.05) is 24.3 Å². The largest absolute Gasteiger partial charge is 0.478 e. The molecule has 1 aliphatic rings. The first-order chi connectivity index (χ1) is 11.5. The number of carboxylic acid groups (broad SMARTS) is 2. The summed E-state index contributed by atoms with van der Waals surface area (Å²) in [6.45, 7) is 0. The van der Waals surface area contributed by atoms with E-state index >= 15 is 0 Å². The summed E-state index contributed by atoms with van der Waals surface area (Å²) in [5, 5.41) is 26.3. The fourth-order valence-corrected chi connectivity index (χ4v) is 2.12. The van der Waals surface area contributed by atoms with Crippen molar-refractivity contribution in [1.82, 2.24) is 10.9 Å². The van der Waals surface area contributed by atoms with E-state index in [0.717, 1.165) is 0 Å². The van der Waals surface area contributed by atoms with Gasteiger partial charge in [-0.3, -0.25) is 10.9 Å². The van der Waals surface area contributed by atoms with Gasteiger partial charge in [-0.25, -0.2) is 9.59 Å². The summed E-state index contributed by atoms with van der Waals surface area (Å²) in [6.07, 6.45) is 0. The summed E-state index contributed by atoms with van der Waals surface area (Å²) >= 11 is 0. The molecule has 2 aromatic rings. The van der Waals surface area contributed by atoms with E-state index in [9.17, 15) is 9.59 Å². The lowest BCUT2D eigenvalue weighted by Gasteiger charge is -2.15. The highest BCUT2D eigenvalue weighted by molar-refractivity contribution is 6.07. The molecule has 4 N–H and O–H groups in total. The van der Waals surface area contributed by atoms with E-state index in [1.807, 2.05) is 0 Å². The average molecular weight is 324 g/mol. The number of aromatic carboxylic acids is 2. The van der Waals surface area contributed by atoms with Crippen LogP contribution in [-0.2, 0) is 0 Å². The minimum absolute atomic E-state index is 0.140. The third-order valence-electron chi connectivity index (χ3n) is 3.31. The molecule has 0 saturated carbocycles. The maximum atomic E-state index is 11.0. The topological polar surface area (TPSA) is 123 Å². The van der Waals surface area contributed by atoms with Crippen molar-refractivity contribution in [2.75, 3.05) is 0 Å². The first-order valence-corrected chi connectivity index (χ1v) is 6.89. The molecular weight excluding hydrogens is 312 g/mol. The van der Waals surface area contributed by atoms with E-state index in [1.54, 1.807) is 24.3 Å². The first kappa shape index (κ1) is 15.2. The quantitative estimate of drug-likeness (QED) is 0.672. The van der Waals surface area contributed by atoms with E-state index in [2.05, 4.69) is 21.1 Å². The average Bonchev–Trinajstić information content (AvgIpc) is 2.62. The highest BCUT2D eigenvalue weighted by Crippen LogP contribution is 2.10. The van der Waals surface area contributed by atoms with Crippen molar-refractivity contribution in [1.29, 1.82) is 0 Å². The monoisotopic (exact) mass is 324 g/mol. The molecule has 0 spiro atoms. The molecule has 1 heterocycles. The van der Waals surface area contributed by atoms with E-state index in [0.29, 0.717) is 22.8 Å². The Labute approximate surface area is 136 Å². The lowest BCUT2D eigenvalue weighted by atomic mass is 10.1. The Bertz CT molecular complexity index is 816. The lowest BCUT2D eigenvalue weighted by molar-refractivity contribution is 0.0686. The normalized spacial score (nSPS) is 13.2. The lowest BCUT2D eigenvalue weighted by Crippen LogP contribution is -2.34. The van der Waals surface area contributed by atoms with Crippen LogP contribution in [0.5, 0.6) is 0 Å². The van der Waals surface area contributed by atoms with Gasteiger partial charge in [0.1, 0.15) is 0 Å². The summed E-state index contributed by atoms with van der Waals surface area (Å²) < 4.78 is 0. The summed E-state index contributed by atoms with van der Waals surface area (Å²) in [6, 6.07) is 12.5. The number of hydrogen-bond donors (Lipinski definition) is 4. The molecule has 0 bridgehead atoms. The van der Waals surface area contributed by atoms with Crippen LogP contribution in [-0.4, -0.2) is 33.8 Å². The molecule has 0 unspecified atom stereocenters. The van der Waals surface area contributed by atoms with Crippen LogP contribution in [0.3, 0.4) is 0 Å². The minimum Gasteiger partial charge on any atom is -0.478 e. The predicted molar refractivity (Wildman–Crippen MR) is 86.1 cm³/mol. The van der Waals surface area contributed by atoms with Crippen molar-refractivity contribution in [2.45, 2.75) is 0 Å². The molecule has 8 nitrogen and oxygen atoms in total. The van der Waals surface area contributed by atoms with Crippen LogP contribution in [0.25, 0.3) is 0 Å². The van der Waals surface area contributed by atoms with Crippen molar-refractivity contribution < 1.29 is 19.8 Å². The fourth-order valence-electron chi connectivity index (χ4n) is 2.12. The van der Waals surface area contributed by atoms with Crippen molar-refractivity contribution >= 4 is 23.6 Å². The smallest absolute Gasteiger partial charge is 0.335 e. The Hall–Kier alpha value is -3.68. The third-order valence-corrected chi connectivity index (χ3v) is 3.31. The van der Waals surface area contributed by atoms with Crippen LogP contribution in [0, 0.1) is 0 Å². The van der Waals surface area contributed by atoms with E-state index in [-0.39, 0.29) is 11.1 Å². The third kappa shape index (κ3) is 3.07. The van der Waals surface area contributed by atoms with E-state index < -0.39 is 11.9 Å². The van der Waals surface area contributed by atoms with Crippen molar-refractivity contribution in [3.8, 4) is 0 Å². The molecule has 24 heavy (non-hydrogen) atoms. The van der Waals surface area contributed by atoms with Gasteiger partial charge in [-0.15, -0.1) is 0 Å². The van der Waals surface area contributed by atoms with Gasteiger partial charge in [-0.2, -0.15) is 10.2 Å². The molecule has 120 valence electrons. The second kappa shape index (κ2) is 6.21. The maximum Gasteiger partial charge on any atom is 0.335 e. The molecule has 0 radical (unpaired) electrons. The summed E-state index contributed by atoms with van der Waals surface area (Å²) in [4.78, 5) is 22.0. The first-order valence-electron chi connectivity index (χ1n) is 6.89. The molecule has 0 atom stereocenters. The van der Waals surface area contributed by atoms with E-state index in [4.69, 9.17) is 10.2 Å². The molecule has 3 rings (SSSR count). The number of hydrazone groups is 2.